The smallest absolute Gasteiger partial charge is 0.136 e. The third-order valence-electron chi connectivity index (χ3n) is 5.90. The van der Waals surface area contributed by atoms with Gasteiger partial charge in [0.1, 0.15) is 17.9 Å². The minimum Gasteiger partial charge on any atom is -0.374 e. The molecule has 2 heterocycles. The molecule has 132 valence electrons. The molecule has 4 rings (SSSR count). The quantitative estimate of drug-likeness (QED) is 0.661. The summed E-state index contributed by atoms with van der Waals surface area (Å²) in [4.78, 5) is 9.46. The van der Waals surface area contributed by atoms with E-state index in [0.29, 0.717) is 18.6 Å². The maximum atomic E-state index is 5.72. The van der Waals surface area contributed by atoms with Crippen molar-refractivity contribution in [2.24, 2.45) is 10.8 Å². The van der Waals surface area contributed by atoms with Gasteiger partial charge < -0.3 is 9.30 Å². The van der Waals surface area contributed by atoms with Crippen molar-refractivity contribution in [3.8, 4) is 0 Å². The van der Waals surface area contributed by atoms with E-state index in [1.54, 1.807) is 0 Å². The lowest BCUT2D eigenvalue weighted by atomic mass is 9.77. The number of pyridine rings is 1. The third-order valence-corrected chi connectivity index (χ3v) is 5.90. The lowest BCUT2D eigenvalue weighted by Gasteiger charge is -2.32. The van der Waals surface area contributed by atoms with E-state index in [4.69, 9.17) is 9.72 Å². The highest BCUT2D eigenvalue weighted by Crippen LogP contribution is 2.59. The average Bonchev–Trinajstić information content (AvgIpc) is 3.30. The van der Waals surface area contributed by atoms with Crippen molar-refractivity contribution in [1.29, 1.82) is 0 Å². The molecule has 0 aliphatic heterocycles. The maximum Gasteiger partial charge on any atom is 0.136 e. The normalized spacial score (nSPS) is 16.6. The van der Waals surface area contributed by atoms with Crippen LogP contribution in [0, 0.1) is 10.8 Å². The van der Waals surface area contributed by atoms with E-state index in [2.05, 4.69) is 48.5 Å². The fourth-order valence-electron chi connectivity index (χ4n) is 3.88. The second-order valence-electron chi connectivity index (χ2n) is 8.29. The Morgan fingerprint density at radius 3 is 2.60 bits per heavy atom. The molecule has 2 aromatic heterocycles. The molecule has 0 unspecified atom stereocenters. The maximum absolute atomic E-state index is 5.72. The van der Waals surface area contributed by atoms with E-state index in [1.807, 2.05) is 19.2 Å². The van der Waals surface area contributed by atoms with Gasteiger partial charge in [0.05, 0.1) is 17.2 Å². The molecule has 1 aliphatic rings. The first-order valence-electron chi connectivity index (χ1n) is 9.26. The van der Waals surface area contributed by atoms with Crippen LogP contribution in [0.1, 0.15) is 46.4 Å². The molecule has 0 bridgehead atoms. The number of fused-ring (bicyclic) bond motifs is 3. The van der Waals surface area contributed by atoms with Crippen LogP contribution in [0.4, 0.5) is 0 Å². The summed E-state index contributed by atoms with van der Waals surface area (Å²) in [6, 6.07) is 8.36. The zero-order valence-corrected chi connectivity index (χ0v) is 15.7. The number of para-hydroxylation sites is 1. The fraction of sp³-hybridized carbons (Fsp3) is 0.524. The first-order valence-corrected chi connectivity index (χ1v) is 9.26. The van der Waals surface area contributed by atoms with Gasteiger partial charge >= 0.3 is 0 Å². The van der Waals surface area contributed by atoms with Crippen molar-refractivity contribution in [1.82, 2.24) is 14.5 Å². The first-order chi connectivity index (χ1) is 12.0. The molecular formula is C21H27N3O. The monoisotopic (exact) mass is 337 g/mol. The Morgan fingerprint density at radius 1 is 1.16 bits per heavy atom. The summed E-state index contributed by atoms with van der Waals surface area (Å²) < 4.78 is 8.13. The Labute approximate surface area is 149 Å². The van der Waals surface area contributed by atoms with Gasteiger partial charge in [-0.3, -0.25) is 4.98 Å². The van der Waals surface area contributed by atoms with E-state index < -0.39 is 0 Å². The van der Waals surface area contributed by atoms with Crippen LogP contribution in [0.25, 0.3) is 21.9 Å². The molecular weight excluding hydrogens is 310 g/mol. The number of hydrogen-bond donors (Lipinski definition) is 0. The summed E-state index contributed by atoms with van der Waals surface area (Å²) in [6.45, 7) is 11.4. The summed E-state index contributed by atoms with van der Waals surface area (Å²) in [7, 11) is 0. The van der Waals surface area contributed by atoms with E-state index in [1.165, 1.54) is 23.7 Å². The highest BCUT2D eigenvalue weighted by molar-refractivity contribution is 6.02. The van der Waals surface area contributed by atoms with E-state index in [9.17, 15) is 0 Å². The SMILES string of the molecule is CCOCc1nc2cnc3ccccc3c2n1CC1(C(C)(C)C)CC1. The van der Waals surface area contributed by atoms with Gasteiger partial charge in [0, 0.05) is 18.5 Å². The number of ether oxygens (including phenoxy) is 1. The fourth-order valence-corrected chi connectivity index (χ4v) is 3.88. The van der Waals surface area contributed by atoms with Crippen LogP contribution in [0.3, 0.4) is 0 Å². The molecule has 3 aromatic rings. The van der Waals surface area contributed by atoms with Crippen LogP contribution in [-0.2, 0) is 17.9 Å². The van der Waals surface area contributed by atoms with Gasteiger partial charge in [0.2, 0.25) is 0 Å². The molecule has 0 amide bonds. The van der Waals surface area contributed by atoms with Gasteiger partial charge in [-0.25, -0.2) is 4.98 Å². The lowest BCUT2D eigenvalue weighted by molar-refractivity contribution is 0.121. The molecule has 0 radical (unpaired) electrons. The molecule has 0 N–H and O–H groups in total. The van der Waals surface area contributed by atoms with Gasteiger partial charge in [-0.2, -0.15) is 0 Å². The second kappa shape index (κ2) is 5.80. The van der Waals surface area contributed by atoms with Gasteiger partial charge in [0.25, 0.3) is 0 Å². The van der Waals surface area contributed by atoms with Crippen LogP contribution >= 0.6 is 0 Å². The van der Waals surface area contributed by atoms with Crippen LogP contribution in [0.15, 0.2) is 30.5 Å². The first kappa shape index (κ1) is 16.5. The largest absolute Gasteiger partial charge is 0.374 e. The van der Waals surface area contributed by atoms with Gasteiger partial charge in [-0.05, 0) is 36.7 Å². The molecule has 0 atom stereocenters. The topological polar surface area (TPSA) is 39.9 Å². The predicted molar refractivity (Wildman–Crippen MR) is 101 cm³/mol. The van der Waals surface area contributed by atoms with Crippen molar-refractivity contribution in [3.63, 3.8) is 0 Å². The van der Waals surface area contributed by atoms with Crippen LogP contribution < -0.4 is 0 Å². The van der Waals surface area contributed by atoms with Gasteiger partial charge in [-0.1, -0.05) is 39.0 Å². The van der Waals surface area contributed by atoms with Crippen molar-refractivity contribution in [2.75, 3.05) is 6.61 Å². The Hall–Kier alpha value is -1.94. The molecule has 1 aliphatic carbocycles. The molecule has 0 saturated heterocycles. The average molecular weight is 337 g/mol. The minimum absolute atomic E-state index is 0.287. The number of rotatable bonds is 5. The highest BCUT2D eigenvalue weighted by Gasteiger charge is 2.52. The molecule has 1 fully saturated rings. The van der Waals surface area contributed by atoms with E-state index >= 15 is 0 Å². The highest BCUT2D eigenvalue weighted by atomic mass is 16.5. The second-order valence-corrected chi connectivity index (χ2v) is 8.29. The molecule has 0 spiro atoms. The van der Waals surface area contributed by atoms with Crippen molar-refractivity contribution < 1.29 is 4.74 Å². The molecule has 25 heavy (non-hydrogen) atoms. The Kier molecular flexibility index (Phi) is 3.84. The molecule has 4 nitrogen and oxygen atoms in total. The minimum atomic E-state index is 0.287. The summed E-state index contributed by atoms with van der Waals surface area (Å²) in [5.41, 5.74) is 3.84. The Balaban J connectivity index is 1.91. The van der Waals surface area contributed by atoms with E-state index in [-0.39, 0.29) is 5.41 Å². The number of hydrogen-bond acceptors (Lipinski definition) is 3. The number of imidazole rings is 1. The van der Waals surface area contributed by atoms with Crippen LogP contribution in [0.5, 0.6) is 0 Å². The summed E-state index contributed by atoms with van der Waals surface area (Å²) in [6.07, 6.45) is 4.47. The number of benzene rings is 1. The van der Waals surface area contributed by atoms with Crippen molar-refractivity contribution in [3.05, 3.63) is 36.3 Å². The van der Waals surface area contributed by atoms with Gasteiger partial charge in [-0.15, -0.1) is 0 Å². The summed E-state index contributed by atoms with van der Waals surface area (Å²) in [5.74, 6) is 1.02. The zero-order valence-electron chi connectivity index (χ0n) is 15.7. The Bertz CT molecular complexity index is 916. The molecule has 4 heteroatoms. The standard InChI is InChI=1S/C21H27N3O/c1-5-25-13-18-23-17-12-22-16-9-7-6-8-15(16)19(17)24(18)14-21(10-11-21)20(2,3)4/h6-9,12H,5,10-11,13-14H2,1-4H3. The third kappa shape index (κ3) is 2.73. The van der Waals surface area contributed by atoms with E-state index in [0.717, 1.165) is 23.4 Å². The molecule has 1 saturated carbocycles. The van der Waals surface area contributed by atoms with Gasteiger partial charge in [0.15, 0.2) is 0 Å². The van der Waals surface area contributed by atoms with Crippen LogP contribution in [0.2, 0.25) is 0 Å². The van der Waals surface area contributed by atoms with Crippen molar-refractivity contribution in [2.45, 2.75) is 53.7 Å². The Morgan fingerprint density at radius 2 is 1.92 bits per heavy atom. The lowest BCUT2D eigenvalue weighted by Crippen LogP contribution is -2.27. The predicted octanol–water partition coefficient (Wildman–Crippen LogP) is 4.95. The number of nitrogens with zero attached hydrogens (tertiary/aromatic N) is 3. The summed E-state index contributed by atoms with van der Waals surface area (Å²) >= 11 is 0. The zero-order chi connectivity index (χ0) is 17.7. The molecule has 1 aromatic carbocycles. The summed E-state index contributed by atoms with van der Waals surface area (Å²) in [5, 5.41) is 1.18. The van der Waals surface area contributed by atoms with Crippen LogP contribution in [-0.4, -0.2) is 21.1 Å². The van der Waals surface area contributed by atoms with Crippen molar-refractivity contribution >= 4 is 21.9 Å². The number of aromatic nitrogens is 3.